The Morgan fingerprint density at radius 3 is 2.54 bits per heavy atom. The summed E-state index contributed by atoms with van der Waals surface area (Å²) in [5.41, 5.74) is 0. The van der Waals surface area contributed by atoms with Crippen LogP contribution >= 0.6 is 11.6 Å². The van der Waals surface area contributed by atoms with E-state index in [2.05, 4.69) is 12.2 Å². The predicted octanol–water partition coefficient (Wildman–Crippen LogP) is 2.41. The second-order valence-corrected chi connectivity index (χ2v) is 3.79. The van der Waals surface area contributed by atoms with Crippen molar-refractivity contribution < 1.29 is 4.74 Å². The molecule has 0 aliphatic heterocycles. The molecule has 0 amide bonds. The molecule has 0 fully saturated rings. The Hall–Kier alpha value is 0.210. The van der Waals surface area contributed by atoms with Crippen LogP contribution in [0.4, 0.5) is 0 Å². The van der Waals surface area contributed by atoms with Crippen molar-refractivity contribution in [2.24, 2.45) is 0 Å². The lowest BCUT2D eigenvalue weighted by molar-refractivity contribution is 0.172. The number of halogens is 1. The van der Waals surface area contributed by atoms with Crippen molar-refractivity contribution in [3.63, 3.8) is 0 Å². The van der Waals surface area contributed by atoms with Gasteiger partial charge in [-0.25, -0.2) is 0 Å². The van der Waals surface area contributed by atoms with Crippen LogP contribution in [0.3, 0.4) is 0 Å². The molecule has 0 saturated heterocycles. The Bertz CT molecular complexity index is 101. The van der Waals surface area contributed by atoms with Crippen LogP contribution in [-0.2, 0) is 4.74 Å². The summed E-state index contributed by atoms with van der Waals surface area (Å²) in [7, 11) is 1.73. The van der Waals surface area contributed by atoms with Crippen LogP contribution in [0.15, 0.2) is 0 Å². The molecular formula is C10H22ClNO. The number of alkyl halides is 1. The van der Waals surface area contributed by atoms with Crippen molar-refractivity contribution in [1.82, 2.24) is 5.32 Å². The molecule has 0 aliphatic rings. The van der Waals surface area contributed by atoms with Gasteiger partial charge in [-0.3, -0.25) is 0 Å². The number of ether oxygens (including phenoxy) is 1. The van der Waals surface area contributed by atoms with E-state index in [1.54, 1.807) is 7.11 Å². The van der Waals surface area contributed by atoms with Crippen LogP contribution in [-0.4, -0.2) is 32.2 Å². The lowest BCUT2D eigenvalue weighted by Gasteiger charge is -2.11. The van der Waals surface area contributed by atoms with Crippen LogP contribution in [0.25, 0.3) is 0 Å². The van der Waals surface area contributed by atoms with Gasteiger partial charge in [0, 0.05) is 19.0 Å². The smallest absolute Gasteiger partial charge is 0.0613 e. The molecule has 0 aliphatic carbocycles. The fraction of sp³-hybridized carbons (Fsp3) is 1.00. The number of hydrogen-bond donors (Lipinski definition) is 1. The monoisotopic (exact) mass is 207 g/mol. The minimum atomic E-state index is 0.470. The molecule has 0 spiro atoms. The Labute approximate surface area is 87.0 Å². The zero-order chi connectivity index (χ0) is 9.94. The lowest BCUT2D eigenvalue weighted by Crippen LogP contribution is -2.30. The number of unbranched alkanes of at least 4 members (excludes halogenated alkanes) is 3. The molecule has 1 N–H and O–H groups in total. The first-order valence-corrected chi connectivity index (χ1v) is 5.63. The fourth-order valence-electron chi connectivity index (χ4n) is 1.23. The molecule has 0 aromatic rings. The van der Waals surface area contributed by atoms with Crippen molar-refractivity contribution in [2.75, 3.05) is 26.1 Å². The molecule has 13 heavy (non-hydrogen) atoms. The topological polar surface area (TPSA) is 21.3 Å². The molecule has 0 radical (unpaired) electrons. The van der Waals surface area contributed by atoms with E-state index in [9.17, 15) is 0 Å². The second kappa shape index (κ2) is 10.3. The SMILES string of the molecule is COCC(C)NCCCCCCCl. The zero-order valence-corrected chi connectivity index (χ0v) is 9.57. The molecule has 0 rings (SSSR count). The van der Waals surface area contributed by atoms with E-state index in [0.29, 0.717) is 6.04 Å². The Kier molecular flexibility index (Phi) is 10.5. The summed E-state index contributed by atoms with van der Waals surface area (Å²) >= 11 is 5.57. The molecule has 2 nitrogen and oxygen atoms in total. The maximum Gasteiger partial charge on any atom is 0.0613 e. The van der Waals surface area contributed by atoms with E-state index in [0.717, 1.165) is 25.5 Å². The molecule has 1 unspecified atom stereocenters. The highest BCUT2D eigenvalue weighted by Crippen LogP contribution is 2.00. The van der Waals surface area contributed by atoms with Gasteiger partial charge in [-0.2, -0.15) is 0 Å². The van der Waals surface area contributed by atoms with Crippen LogP contribution in [0.1, 0.15) is 32.6 Å². The van der Waals surface area contributed by atoms with Gasteiger partial charge in [0.2, 0.25) is 0 Å². The first kappa shape index (κ1) is 13.2. The molecule has 0 saturated carbocycles. The summed E-state index contributed by atoms with van der Waals surface area (Å²) in [5.74, 6) is 0.799. The van der Waals surface area contributed by atoms with Crippen molar-refractivity contribution in [3.05, 3.63) is 0 Å². The van der Waals surface area contributed by atoms with Gasteiger partial charge in [0.25, 0.3) is 0 Å². The molecule has 0 bridgehead atoms. The van der Waals surface area contributed by atoms with Crippen molar-refractivity contribution in [2.45, 2.75) is 38.6 Å². The van der Waals surface area contributed by atoms with E-state index in [1.165, 1.54) is 19.3 Å². The summed E-state index contributed by atoms with van der Waals surface area (Å²) in [6.07, 6.45) is 4.92. The number of nitrogens with one attached hydrogen (secondary N) is 1. The third-order valence-electron chi connectivity index (χ3n) is 1.97. The van der Waals surface area contributed by atoms with Crippen molar-refractivity contribution >= 4 is 11.6 Å². The van der Waals surface area contributed by atoms with E-state index in [4.69, 9.17) is 16.3 Å². The maximum absolute atomic E-state index is 5.57. The van der Waals surface area contributed by atoms with Gasteiger partial charge < -0.3 is 10.1 Å². The molecular weight excluding hydrogens is 186 g/mol. The van der Waals surface area contributed by atoms with Crippen LogP contribution in [0.5, 0.6) is 0 Å². The maximum atomic E-state index is 5.57. The Morgan fingerprint density at radius 1 is 1.23 bits per heavy atom. The van der Waals surface area contributed by atoms with E-state index in [1.807, 2.05) is 0 Å². The van der Waals surface area contributed by atoms with Gasteiger partial charge in [-0.1, -0.05) is 12.8 Å². The third-order valence-corrected chi connectivity index (χ3v) is 2.24. The van der Waals surface area contributed by atoms with Crippen LogP contribution < -0.4 is 5.32 Å². The van der Waals surface area contributed by atoms with Gasteiger partial charge in [0.05, 0.1) is 6.61 Å². The van der Waals surface area contributed by atoms with Crippen LogP contribution in [0.2, 0.25) is 0 Å². The Morgan fingerprint density at radius 2 is 1.92 bits per heavy atom. The van der Waals surface area contributed by atoms with E-state index < -0.39 is 0 Å². The molecule has 0 aromatic carbocycles. The van der Waals surface area contributed by atoms with E-state index in [-0.39, 0.29) is 0 Å². The average molecular weight is 208 g/mol. The molecule has 0 aromatic heterocycles. The summed E-state index contributed by atoms with van der Waals surface area (Å²) in [6, 6.07) is 0.470. The fourth-order valence-corrected chi connectivity index (χ4v) is 1.42. The predicted molar refractivity (Wildman–Crippen MR) is 58.5 cm³/mol. The average Bonchev–Trinajstić information content (AvgIpc) is 2.11. The molecule has 3 heteroatoms. The van der Waals surface area contributed by atoms with E-state index >= 15 is 0 Å². The van der Waals surface area contributed by atoms with Gasteiger partial charge in [0.15, 0.2) is 0 Å². The standard InChI is InChI=1S/C10H22ClNO/c1-10(9-13-2)12-8-6-4-3-5-7-11/h10,12H,3-9H2,1-2H3. The number of methoxy groups -OCH3 is 1. The van der Waals surface area contributed by atoms with Crippen LogP contribution in [0, 0.1) is 0 Å². The highest BCUT2D eigenvalue weighted by molar-refractivity contribution is 6.17. The molecule has 0 heterocycles. The Balaban J connectivity index is 2.97. The minimum absolute atomic E-state index is 0.470. The van der Waals surface area contributed by atoms with Gasteiger partial charge in [-0.05, 0) is 26.3 Å². The van der Waals surface area contributed by atoms with Gasteiger partial charge in [0.1, 0.15) is 0 Å². The van der Waals surface area contributed by atoms with Crippen molar-refractivity contribution in [3.8, 4) is 0 Å². The highest BCUT2D eigenvalue weighted by atomic mass is 35.5. The number of rotatable bonds is 9. The summed E-state index contributed by atoms with van der Waals surface area (Å²) in [4.78, 5) is 0. The zero-order valence-electron chi connectivity index (χ0n) is 8.81. The quantitative estimate of drug-likeness (QED) is 0.463. The molecule has 1 atom stereocenters. The number of hydrogen-bond acceptors (Lipinski definition) is 2. The molecule has 80 valence electrons. The first-order valence-electron chi connectivity index (χ1n) is 5.09. The lowest BCUT2D eigenvalue weighted by atomic mass is 10.2. The first-order chi connectivity index (χ1) is 6.31. The minimum Gasteiger partial charge on any atom is -0.383 e. The summed E-state index contributed by atoms with van der Waals surface area (Å²) in [6.45, 7) is 4.02. The van der Waals surface area contributed by atoms with Gasteiger partial charge >= 0.3 is 0 Å². The summed E-state index contributed by atoms with van der Waals surface area (Å²) in [5, 5.41) is 3.40. The van der Waals surface area contributed by atoms with Crippen molar-refractivity contribution in [1.29, 1.82) is 0 Å². The normalized spacial score (nSPS) is 13.2. The summed E-state index contributed by atoms with van der Waals surface area (Å²) < 4.78 is 5.02. The highest BCUT2D eigenvalue weighted by Gasteiger charge is 1.98. The second-order valence-electron chi connectivity index (χ2n) is 3.41. The van der Waals surface area contributed by atoms with Gasteiger partial charge in [-0.15, -0.1) is 11.6 Å². The largest absolute Gasteiger partial charge is 0.383 e. The third kappa shape index (κ3) is 10.1.